The Bertz CT molecular complexity index is 1550. The average Bonchev–Trinajstić information content (AvgIpc) is 3.72. The van der Waals surface area contributed by atoms with E-state index in [0.29, 0.717) is 12.8 Å². The van der Waals surface area contributed by atoms with Gasteiger partial charge in [0, 0.05) is 6.42 Å². The van der Waals surface area contributed by atoms with E-state index in [1.807, 2.05) is 6.08 Å². The lowest BCUT2D eigenvalue weighted by Gasteiger charge is -2.46. The molecule has 1 amide bonds. The zero-order chi connectivity index (χ0) is 63.1. The molecule has 2 heterocycles. The van der Waals surface area contributed by atoms with Crippen LogP contribution < -0.4 is 5.32 Å². The lowest BCUT2D eigenvalue weighted by atomic mass is 9.97. The molecule has 2 aliphatic heterocycles. The highest BCUT2D eigenvalue weighted by atomic mass is 16.7. The van der Waals surface area contributed by atoms with Crippen molar-refractivity contribution >= 4 is 5.91 Å². The molecule has 12 unspecified atom stereocenters. The van der Waals surface area contributed by atoms with Crippen molar-refractivity contribution in [2.24, 2.45) is 0 Å². The summed E-state index contributed by atoms with van der Waals surface area (Å²) in [5.74, 6) is -0.243. The summed E-state index contributed by atoms with van der Waals surface area (Å²) in [6, 6.07) is -0.928. The first kappa shape index (κ1) is 81.6. The van der Waals surface area contributed by atoms with E-state index in [-0.39, 0.29) is 18.9 Å². The molecule has 0 radical (unpaired) electrons. The Morgan fingerprint density at radius 2 is 0.736 bits per heavy atom. The second-order valence-electron chi connectivity index (χ2n) is 26.4. The van der Waals surface area contributed by atoms with E-state index in [0.717, 1.165) is 32.1 Å². The Morgan fingerprint density at radius 1 is 0.402 bits per heavy atom. The van der Waals surface area contributed by atoms with Gasteiger partial charge in [-0.1, -0.05) is 327 Å². The molecule has 0 aromatic heterocycles. The maximum atomic E-state index is 13.3. The summed E-state index contributed by atoms with van der Waals surface area (Å²) in [5.41, 5.74) is 0. The van der Waals surface area contributed by atoms with Gasteiger partial charge in [0.25, 0.3) is 0 Å². The molecule has 14 heteroatoms. The predicted octanol–water partition coefficient (Wildman–Crippen LogP) is 15.5. The van der Waals surface area contributed by atoms with Crippen molar-refractivity contribution in [1.82, 2.24) is 5.32 Å². The van der Waals surface area contributed by atoms with Gasteiger partial charge in [-0.3, -0.25) is 4.79 Å². The summed E-state index contributed by atoms with van der Waals surface area (Å²) >= 11 is 0. The number of carbonyl (C=O) groups is 1. The second kappa shape index (κ2) is 58.3. The molecule has 12 atom stereocenters. The molecule has 14 nitrogen and oxygen atoms in total. The molecule has 2 fully saturated rings. The third-order valence-corrected chi connectivity index (χ3v) is 18.4. The predicted molar refractivity (Wildman–Crippen MR) is 355 cm³/mol. The zero-order valence-corrected chi connectivity index (χ0v) is 56.0. The number of hydrogen-bond acceptors (Lipinski definition) is 13. The fourth-order valence-electron chi connectivity index (χ4n) is 12.5. The normalized spacial score (nSPS) is 23.3. The number of aliphatic hydroxyl groups is 8. The fraction of sp³-hybridized carbons (Fsp3) is 0.932. The number of ether oxygens (including phenoxy) is 4. The molecule has 0 saturated carbocycles. The molecule has 9 N–H and O–H groups in total. The van der Waals surface area contributed by atoms with Crippen molar-refractivity contribution in [3.05, 3.63) is 24.3 Å². The van der Waals surface area contributed by atoms with Crippen LogP contribution in [-0.2, 0) is 23.7 Å². The van der Waals surface area contributed by atoms with Gasteiger partial charge in [-0.05, 0) is 32.1 Å². The molecular formula is C73H139NO13. The van der Waals surface area contributed by atoms with Crippen LogP contribution in [0.4, 0.5) is 0 Å². The number of rotatable bonds is 62. The van der Waals surface area contributed by atoms with Crippen LogP contribution in [0, 0.1) is 0 Å². The molecule has 0 aromatic carbocycles. The van der Waals surface area contributed by atoms with Crippen LogP contribution in [0.25, 0.3) is 0 Å². The lowest BCUT2D eigenvalue weighted by molar-refractivity contribution is -0.359. The molecule has 2 rings (SSSR count). The summed E-state index contributed by atoms with van der Waals surface area (Å²) in [6.45, 7) is 2.81. The molecule has 0 aromatic rings. The Kier molecular flexibility index (Phi) is 54.7. The van der Waals surface area contributed by atoms with Crippen LogP contribution in [-0.4, -0.2) is 140 Å². The van der Waals surface area contributed by atoms with Crippen LogP contribution >= 0.6 is 0 Å². The Morgan fingerprint density at radius 3 is 1.13 bits per heavy atom. The molecule has 514 valence electrons. The molecule has 0 bridgehead atoms. The number of carbonyl (C=O) groups excluding carboxylic acids is 1. The van der Waals surface area contributed by atoms with E-state index in [2.05, 4.69) is 31.3 Å². The maximum absolute atomic E-state index is 13.3. The molecule has 0 spiro atoms. The van der Waals surface area contributed by atoms with Crippen molar-refractivity contribution in [3.8, 4) is 0 Å². The number of nitrogens with one attached hydrogen (secondary N) is 1. The van der Waals surface area contributed by atoms with Crippen molar-refractivity contribution < 1.29 is 64.6 Å². The Labute approximate surface area is 532 Å². The van der Waals surface area contributed by atoms with Crippen molar-refractivity contribution in [3.63, 3.8) is 0 Å². The van der Waals surface area contributed by atoms with E-state index in [4.69, 9.17) is 18.9 Å². The van der Waals surface area contributed by atoms with Gasteiger partial charge in [0.05, 0.1) is 32.0 Å². The van der Waals surface area contributed by atoms with Crippen molar-refractivity contribution in [1.29, 1.82) is 0 Å². The average molecular weight is 1240 g/mol. The first-order valence-electron chi connectivity index (χ1n) is 37.1. The van der Waals surface area contributed by atoms with Gasteiger partial charge in [0.1, 0.15) is 48.8 Å². The maximum Gasteiger partial charge on any atom is 0.220 e. The number of unbranched alkanes of at least 4 members (excludes halogenated alkanes) is 47. The van der Waals surface area contributed by atoms with Gasteiger partial charge in [-0.25, -0.2) is 0 Å². The quantitative estimate of drug-likeness (QED) is 0.0204. The SMILES string of the molecule is CCCCCCCCCC/C=C/CC/C=C/C(O)C(COC1OC(CO)C(OC2OC(CO)C(O)C(O)C2O)C(O)C1O)NC(=O)CCCCCCCCCCCCCCCCCCCCCCCCCCCCCCCCCCCCCCCCC. The van der Waals surface area contributed by atoms with Crippen LogP contribution in [0.5, 0.6) is 0 Å². The lowest BCUT2D eigenvalue weighted by Crippen LogP contribution is -2.65. The van der Waals surface area contributed by atoms with Crippen molar-refractivity contribution in [2.45, 2.75) is 415 Å². The van der Waals surface area contributed by atoms with Crippen LogP contribution in [0.1, 0.15) is 341 Å². The monoisotopic (exact) mass is 1240 g/mol. The molecule has 0 aliphatic carbocycles. The minimum Gasteiger partial charge on any atom is -0.394 e. The first-order chi connectivity index (χ1) is 42.6. The van der Waals surface area contributed by atoms with Crippen LogP contribution in [0.2, 0.25) is 0 Å². The summed E-state index contributed by atoms with van der Waals surface area (Å²) in [6.07, 6.45) is 57.2. The summed E-state index contributed by atoms with van der Waals surface area (Å²) < 4.78 is 22.8. The van der Waals surface area contributed by atoms with E-state index < -0.39 is 86.8 Å². The number of amides is 1. The highest BCUT2D eigenvalue weighted by Gasteiger charge is 2.51. The number of allylic oxidation sites excluding steroid dienone is 3. The van der Waals surface area contributed by atoms with Gasteiger partial charge < -0.3 is 65.1 Å². The summed E-state index contributed by atoms with van der Waals surface area (Å²) in [5, 5.41) is 87.2. The van der Waals surface area contributed by atoms with Gasteiger partial charge in [-0.15, -0.1) is 0 Å². The molecule has 2 aliphatic rings. The van der Waals surface area contributed by atoms with Gasteiger partial charge >= 0.3 is 0 Å². The summed E-state index contributed by atoms with van der Waals surface area (Å²) in [7, 11) is 0. The van der Waals surface area contributed by atoms with Crippen LogP contribution in [0.15, 0.2) is 24.3 Å². The summed E-state index contributed by atoms with van der Waals surface area (Å²) in [4.78, 5) is 13.3. The number of aliphatic hydroxyl groups excluding tert-OH is 8. The van der Waals surface area contributed by atoms with Gasteiger partial charge in [0.15, 0.2) is 12.6 Å². The van der Waals surface area contributed by atoms with E-state index in [9.17, 15) is 45.6 Å². The van der Waals surface area contributed by atoms with Crippen molar-refractivity contribution in [2.75, 3.05) is 19.8 Å². The van der Waals surface area contributed by atoms with E-state index in [1.54, 1.807) is 6.08 Å². The Balaban J connectivity index is 1.54. The first-order valence-corrected chi connectivity index (χ1v) is 37.1. The van der Waals surface area contributed by atoms with Crippen LogP contribution in [0.3, 0.4) is 0 Å². The van der Waals surface area contributed by atoms with Gasteiger partial charge in [-0.2, -0.15) is 0 Å². The standard InChI is InChI=1S/C73H139NO13/c1-3-5-7-9-11-13-15-17-19-20-21-22-23-24-25-26-27-28-29-30-31-32-33-34-35-36-37-38-39-40-41-42-43-45-47-49-51-53-55-57-65(78)74-61(62(77)56-54-52-50-48-46-44-18-16-14-12-10-8-6-4-2)60-84-72-70(83)68(81)71(64(59-76)86-72)87-73-69(82)67(80)66(79)63(58-75)85-73/h46,48,54,56,61-64,66-73,75-77,79-83H,3-45,47,49-53,55,57-60H2,1-2H3,(H,74,78)/b48-46+,56-54+. The topological polar surface area (TPSA) is 228 Å². The fourth-order valence-corrected chi connectivity index (χ4v) is 12.5. The highest BCUT2D eigenvalue weighted by Crippen LogP contribution is 2.30. The second-order valence-corrected chi connectivity index (χ2v) is 26.4. The molecule has 2 saturated heterocycles. The number of hydrogen-bond donors (Lipinski definition) is 9. The van der Waals surface area contributed by atoms with E-state index in [1.165, 1.54) is 276 Å². The minimum atomic E-state index is -1.79. The highest BCUT2D eigenvalue weighted by molar-refractivity contribution is 5.76. The molecule has 87 heavy (non-hydrogen) atoms. The van der Waals surface area contributed by atoms with E-state index >= 15 is 0 Å². The van der Waals surface area contributed by atoms with Gasteiger partial charge in [0.2, 0.25) is 5.91 Å². The third-order valence-electron chi connectivity index (χ3n) is 18.4. The molecular weight excluding hydrogens is 1100 g/mol. The smallest absolute Gasteiger partial charge is 0.220 e. The minimum absolute atomic E-state index is 0.243. The largest absolute Gasteiger partial charge is 0.394 e. The zero-order valence-electron chi connectivity index (χ0n) is 56.0. The third kappa shape index (κ3) is 42.4. The Hall–Kier alpha value is -1.53.